The van der Waals surface area contributed by atoms with Crippen LogP contribution in [0.4, 0.5) is 0 Å². The zero-order chi connectivity index (χ0) is 20.3. The maximum absolute atomic E-state index is 11.4. The maximum Gasteiger partial charge on any atom is 0.253 e. The first kappa shape index (κ1) is 25.3. The van der Waals surface area contributed by atoms with Gasteiger partial charge in [0, 0.05) is 24.4 Å². The molecule has 0 spiro atoms. The third kappa shape index (κ3) is 13.4. The monoisotopic (exact) mass is 408 g/mol. The van der Waals surface area contributed by atoms with E-state index in [1.54, 1.807) is 0 Å². The van der Waals surface area contributed by atoms with Gasteiger partial charge in [0.25, 0.3) is 11.8 Å². The Morgan fingerprint density at radius 1 is 0.500 bits per heavy atom. The van der Waals surface area contributed by atoms with Gasteiger partial charge in [-0.05, 0) is 12.8 Å². The van der Waals surface area contributed by atoms with Gasteiger partial charge in [-0.15, -0.1) is 0 Å². The Kier molecular flexibility index (Phi) is 16.5. The van der Waals surface area contributed by atoms with Gasteiger partial charge < -0.3 is 0 Å². The minimum absolute atomic E-state index is 0.149. The van der Waals surface area contributed by atoms with Gasteiger partial charge in [0.05, 0.1) is 0 Å². The lowest BCUT2D eigenvalue weighted by Crippen LogP contribution is -2.30. The number of carbonyl (C=O) groups is 2. The number of amides is 2. The van der Waals surface area contributed by atoms with Crippen LogP contribution in [0.25, 0.3) is 0 Å². The molecule has 0 atom stereocenters. The van der Waals surface area contributed by atoms with E-state index in [2.05, 4.69) is 0 Å². The predicted molar refractivity (Wildman–Crippen MR) is 121 cm³/mol. The predicted octanol–water partition coefficient (Wildman–Crippen LogP) is 7.13. The summed E-state index contributed by atoms with van der Waals surface area (Å²) in [7, 11) is 0. The Balaban J connectivity index is 1.70. The minimum Gasteiger partial charge on any atom is -0.275 e. The number of hydrogen-bond donors (Lipinski definition) is 0. The second kappa shape index (κ2) is 18.3. The van der Waals surface area contributed by atoms with E-state index in [0.29, 0.717) is 6.54 Å². The van der Waals surface area contributed by atoms with E-state index in [4.69, 9.17) is 12.6 Å². The second-order valence-electron chi connectivity index (χ2n) is 8.23. The number of carbonyl (C=O) groups excluding carboxylic acids is 2. The van der Waals surface area contributed by atoms with E-state index < -0.39 is 0 Å². The van der Waals surface area contributed by atoms with E-state index in [0.717, 1.165) is 18.6 Å². The zero-order valence-electron chi connectivity index (χ0n) is 18.0. The average molecular weight is 409 g/mol. The molecule has 1 heterocycles. The highest BCUT2D eigenvalue weighted by Crippen LogP contribution is 2.15. The summed E-state index contributed by atoms with van der Waals surface area (Å²) in [6.07, 6.45) is 26.6. The Labute approximate surface area is 179 Å². The Morgan fingerprint density at radius 2 is 0.786 bits per heavy atom. The van der Waals surface area contributed by atoms with Crippen molar-refractivity contribution in [2.75, 3.05) is 12.3 Å². The van der Waals surface area contributed by atoms with Crippen LogP contribution in [0.2, 0.25) is 0 Å². The van der Waals surface area contributed by atoms with Crippen LogP contribution >= 0.6 is 12.6 Å². The van der Waals surface area contributed by atoms with Crippen molar-refractivity contribution in [3.05, 3.63) is 12.2 Å². The number of imide groups is 1. The van der Waals surface area contributed by atoms with E-state index in [1.807, 2.05) is 0 Å². The molecular weight excluding hydrogens is 366 g/mol. The topological polar surface area (TPSA) is 37.4 Å². The molecule has 3 nitrogen and oxygen atoms in total. The molecule has 0 saturated heterocycles. The number of unbranched alkanes of at least 4 members (excludes halogenated alkanes) is 17. The molecule has 0 aliphatic carbocycles. The van der Waals surface area contributed by atoms with E-state index >= 15 is 0 Å². The lowest BCUT2D eigenvalue weighted by molar-refractivity contribution is -0.136. The molecule has 0 fully saturated rings. The van der Waals surface area contributed by atoms with Crippen LogP contribution in [0.3, 0.4) is 0 Å². The maximum atomic E-state index is 11.4. The average Bonchev–Trinajstić information content (AvgIpc) is 3.01. The molecule has 0 unspecified atom stereocenters. The molecule has 4 heteroatoms. The van der Waals surface area contributed by atoms with E-state index in [-0.39, 0.29) is 11.8 Å². The molecule has 0 aromatic carbocycles. The van der Waals surface area contributed by atoms with Crippen LogP contribution < -0.4 is 0 Å². The van der Waals surface area contributed by atoms with Gasteiger partial charge in [-0.3, -0.25) is 14.5 Å². The third-order valence-electron chi connectivity index (χ3n) is 5.68. The van der Waals surface area contributed by atoms with Crippen molar-refractivity contribution in [3.8, 4) is 0 Å². The molecule has 161 valence electrons. The molecule has 1 radical (unpaired) electrons. The first-order chi connectivity index (χ1) is 13.8. The van der Waals surface area contributed by atoms with Gasteiger partial charge in [0.15, 0.2) is 0 Å². The van der Waals surface area contributed by atoms with Gasteiger partial charge in [0.1, 0.15) is 0 Å². The smallest absolute Gasteiger partial charge is 0.253 e. The van der Waals surface area contributed by atoms with Crippen molar-refractivity contribution in [1.29, 1.82) is 0 Å². The molecule has 0 N–H and O–H groups in total. The minimum atomic E-state index is -0.149. The van der Waals surface area contributed by atoms with Crippen LogP contribution in [0.1, 0.15) is 116 Å². The quantitative estimate of drug-likeness (QED) is 0.159. The fourth-order valence-electron chi connectivity index (χ4n) is 3.85. The standard InChI is InChI=1S/C24H42NO2S/c26-23-19-20-24(27)25(23)21-17-15-13-11-9-7-5-3-1-2-4-6-8-10-12-14-16-18-22-28/h19-20H,1-18,21-22H2. The van der Waals surface area contributed by atoms with Gasteiger partial charge in [-0.25, -0.2) is 0 Å². The Morgan fingerprint density at radius 3 is 1.11 bits per heavy atom. The van der Waals surface area contributed by atoms with Crippen LogP contribution in [0.5, 0.6) is 0 Å². The van der Waals surface area contributed by atoms with Crippen molar-refractivity contribution in [2.24, 2.45) is 0 Å². The summed E-state index contributed by atoms with van der Waals surface area (Å²) < 4.78 is 0. The van der Waals surface area contributed by atoms with Gasteiger partial charge in [0.2, 0.25) is 0 Å². The second-order valence-corrected chi connectivity index (χ2v) is 8.64. The summed E-state index contributed by atoms with van der Waals surface area (Å²) in [5, 5.41) is 0. The molecule has 2 amide bonds. The van der Waals surface area contributed by atoms with Crippen molar-refractivity contribution in [1.82, 2.24) is 4.90 Å². The van der Waals surface area contributed by atoms with Crippen molar-refractivity contribution in [2.45, 2.75) is 116 Å². The largest absolute Gasteiger partial charge is 0.275 e. The summed E-state index contributed by atoms with van der Waals surface area (Å²) >= 11 is 4.97. The summed E-state index contributed by atoms with van der Waals surface area (Å²) in [5.41, 5.74) is 0. The molecular formula is C24H42NO2S. The zero-order valence-corrected chi connectivity index (χ0v) is 18.8. The van der Waals surface area contributed by atoms with Crippen molar-refractivity contribution < 1.29 is 9.59 Å². The van der Waals surface area contributed by atoms with Gasteiger partial charge >= 0.3 is 0 Å². The SMILES string of the molecule is O=C1C=CC(=O)N1CCCCCCCCCCCCCCCCCCCC[S]. The molecule has 0 bridgehead atoms. The van der Waals surface area contributed by atoms with Crippen LogP contribution in [0, 0.1) is 0 Å². The highest BCUT2D eigenvalue weighted by molar-refractivity contribution is 7.80. The summed E-state index contributed by atoms with van der Waals surface area (Å²) in [6, 6.07) is 0. The molecule has 0 saturated carbocycles. The van der Waals surface area contributed by atoms with Gasteiger partial charge in [-0.2, -0.15) is 0 Å². The summed E-state index contributed by atoms with van der Waals surface area (Å²) in [4.78, 5) is 24.2. The first-order valence-corrected chi connectivity index (χ1v) is 12.4. The highest BCUT2D eigenvalue weighted by atomic mass is 32.1. The molecule has 28 heavy (non-hydrogen) atoms. The fourth-order valence-corrected chi connectivity index (χ4v) is 4.06. The number of hydrogen-bond acceptors (Lipinski definition) is 2. The number of rotatable bonds is 20. The molecule has 1 rings (SSSR count). The molecule has 1 aliphatic rings. The summed E-state index contributed by atoms with van der Waals surface area (Å²) in [6.45, 7) is 0.583. The first-order valence-electron chi connectivity index (χ1n) is 11.9. The number of nitrogens with zero attached hydrogens (tertiary/aromatic N) is 1. The van der Waals surface area contributed by atoms with E-state index in [1.165, 1.54) is 120 Å². The van der Waals surface area contributed by atoms with Crippen LogP contribution in [-0.4, -0.2) is 29.0 Å². The third-order valence-corrected chi connectivity index (χ3v) is 5.97. The molecule has 1 aliphatic heterocycles. The fraction of sp³-hybridized carbons (Fsp3) is 0.833. The van der Waals surface area contributed by atoms with E-state index in [9.17, 15) is 9.59 Å². The molecule has 0 aromatic rings. The Bertz CT molecular complexity index is 418. The Hall–Kier alpha value is -0.770. The van der Waals surface area contributed by atoms with Crippen LogP contribution in [-0.2, 0) is 9.59 Å². The molecule has 0 aromatic heterocycles. The van der Waals surface area contributed by atoms with Crippen molar-refractivity contribution >= 4 is 24.4 Å². The van der Waals surface area contributed by atoms with Gasteiger partial charge in [-0.1, -0.05) is 115 Å². The highest BCUT2D eigenvalue weighted by Gasteiger charge is 2.21. The van der Waals surface area contributed by atoms with Crippen molar-refractivity contribution in [3.63, 3.8) is 0 Å². The normalized spacial score (nSPS) is 13.8. The van der Waals surface area contributed by atoms with Crippen LogP contribution in [0.15, 0.2) is 12.2 Å². The lowest BCUT2D eigenvalue weighted by Gasteiger charge is -2.12. The summed E-state index contributed by atoms with van der Waals surface area (Å²) in [5.74, 6) is 0.636. The lowest BCUT2D eigenvalue weighted by atomic mass is 10.0.